The fourth-order valence-corrected chi connectivity index (χ4v) is 6.77. The molecule has 15 heteroatoms. The second kappa shape index (κ2) is 12.9. The van der Waals surface area contributed by atoms with E-state index in [9.17, 15) is 14.4 Å². The van der Waals surface area contributed by atoms with E-state index in [2.05, 4.69) is 4.98 Å². The number of rotatable bonds is 8. The molecule has 2 aromatic heterocycles. The standard InChI is InChI=1S/C32H25Cl2N5O6S2/c1-36-27-26(29(41)37(2)31(36)42)38(16-18-6-7-19(33)15-22(18)34)30(35-27)45-23-12-5-17(13-24(23)44-4)14-25-28(40)39(32(46)47-25)20-8-10-21(43-3)11-9-20/h5-15H,16H2,1-4H3/b25-14+. The van der Waals surface area contributed by atoms with E-state index in [4.69, 9.17) is 49.6 Å². The van der Waals surface area contributed by atoms with Gasteiger partial charge < -0.3 is 14.2 Å². The van der Waals surface area contributed by atoms with Crippen LogP contribution >= 0.6 is 47.2 Å². The molecule has 0 N–H and O–H groups in total. The zero-order valence-corrected chi connectivity index (χ0v) is 28.5. The predicted octanol–water partition coefficient (Wildman–Crippen LogP) is 6.00. The van der Waals surface area contributed by atoms with Crippen LogP contribution in [0, 0.1) is 0 Å². The van der Waals surface area contributed by atoms with E-state index in [1.54, 1.807) is 78.4 Å². The molecule has 0 atom stereocenters. The number of ether oxygens (including phenoxy) is 3. The molecule has 1 aliphatic rings. The molecule has 5 aromatic rings. The summed E-state index contributed by atoms with van der Waals surface area (Å²) in [6.45, 7) is 0.0890. The lowest BCUT2D eigenvalue weighted by Gasteiger charge is -2.15. The highest BCUT2D eigenvalue weighted by atomic mass is 35.5. The monoisotopic (exact) mass is 709 g/mol. The third kappa shape index (κ3) is 6.02. The number of thioether (sulfide) groups is 1. The van der Waals surface area contributed by atoms with Crippen molar-refractivity contribution in [3.8, 4) is 23.3 Å². The largest absolute Gasteiger partial charge is 0.497 e. The minimum absolute atomic E-state index is 0.0238. The van der Waals surface area contributed by atoms with Crippen molar-refractivity contribution < 1.29 is 19.0 Å². The number of imidazole rings is 1. The van der Waals surface area contributed by atoms with E-state index in [0.29, 0.717) is 47.6 Å². The molecule has 1 aliphatic heterocycles. The Morgan fingerprint density at radius 3 is 2.34 bits per heavy atom. The van der Waals surface area contributed by atoms with Crippen LogP contribution in [0.5, 0.6) is 23.3 Å². The van der Waals surface area contributed by atoms with E-state index in [1.165, 1.54) is 42.4 Å². The molecule has 1 saturated heterocycles. The number of aryl methyl sites for hydroxylation is 1. The number of amides is 1. The average Bonchev–Trinajstić information content (AvgIpc) is 3.56. The molecule has 6 rings (SSSR count). The lowest BCUT2D eigenvalue weighted by Crippen LogP contribution is -2.37. The van der Waals surface area contributed by atoms with Crippen molar-refractivity contribution >= 4 is 80.3 Å². The molecule has 1 amide bonds. The summed E-state index contributed by atoms with van der Waals surface area (Å²) in [4.78, 5) is 45.8. The number of hydrogen-bond acceptors (Lipinski definition) is 9. The SMILES string of the molecule is COc1ccc(N2C(=O)/C(=C\c3ccc(Oc4nc5c(c(=O)n(C)c(=O)n5C)n4Cc4ccc(Cl)cc4Cl)c(OC)c3)SC2=S)cc1. The topological polar surface area (TPSA) is 110 Å². The number of halogens is 2. The van der Waals surface area contributed by atoms with E-state index >= 15 is 0 Å². The van der Waals surface area contributed by atoms with Gasteiger partial charge in [0.15, 0.2) is 27.0 Å². The van der Waals surface area contributed by atoms with Gasteiger partial charge in [-0.25, -0.2) is 4.79 Å². The molecule has 3 heterocycles. The Hall–Kier alpha value is -4.56. The van der Waals surface area contributed by atoms with Gasteiger partial charge >= 0.3 is 11.7 Å². The smallest absolute Gasteiger partial charge is 0.332 e. The van der Waals surface area contributed by atoms with Gasteiger partial charge in [-0.2, -0.15) is 4.98 Å². The molecule has 11 nitrogen and oxygen atoms in total. The molecule has 0 aliphatic carbocycles. The molecule has 47 heavy (non-hydrogen) atoms. The molecule has 3 aromatic carbocycles. The van der Waals surface area contributed by atoms with E-state index in [0.717, 1.165) is 4.57 Å². The molecular weight excluding hydrogens is 685 g/mol. The Labute approximate surface area is 287 Å². The third-order valence-electron chi connectivity index (χ3n) is 7.47. The Bertz CT molecular complexity index is 2240. The lowest BCUT2D eigenvalue weighted by atomic mass is 10.2. The van der Waals surface area contributed by atoms with Crippen LogP contribution in [0.15, 0.2) is 75.2 Å². The van der Waals surface area contributed by atoms with Gasteiger partial charge in [-0.3, -0.25) is 28.2 Å². The van der Waals surface area contributed by atoms with Crippen LogP contribution in [0.4, 0.5) is 5.69 Å². The zero-order chi connectivity index (χ0) is 33.6. The Kier molecular flexibility index (Phi) is 8.90. The maximum atomic E-state index is 13.3. The van der Waals surface area contributed by atoms with E-state index in [-0.39, 0.29) is 35.4 Å². The molecule has 0 radical (unpaired) electrons. The van der Waals surface area contributed by atoms with Crippen LogP contribution in [-0.2, 0) is 25.4 Å². The molecule has 0 saturated carbocycles. The van der Waals surface area contributed by atoms with Crippen molar-refractivity contribution in [2.24, 2.45) is 14.1 Å². The first kappa shape index (κ1) is 32.4. The van der Waals surface area contributed by atoms with Gasteiger partial charge in [-0.15, -0.1) is 0 Å². The molecule has 0 bridgehead atoms. The Morgan fingerprint density at radius 2 is 1.66 bits per heavy atom. The number of hydrogen-bond donors (Lipinski definition) is 0. The number of carbonyl (C=O) groups is 1. The van der Waals surface area contributed by atoms with Gasteiger partial charge in [0.2, 0.25) is 0 Å². The number of anilines is 1. The minimum atomic E-state index is -0.551. The van der Waals surface area contributed by atoms with Crippen molar-refractivity contribution in [1.82, 2.24) is 18.7 Å². The fourth-order valence-electron chi connectivity index (χ4n) is 5.00. The van der Waals surface area contributed by atoms with Gasteiger partial charge in [0.05, 0.1) is 31.4 Å². The highest BCUT2D eigenvalue weighted by Gasteiger charge is 2.33. The first-order valence-corrected chi connectivity index (χ1v) is 15.9. The van der Waals surface area contributed by atoms with Crippen molar-refractivity contribution in [2.75, 3.05) is 19.1 Å². The minimum Gasteiger partial charge on any atom is -0.497 e. The van der Waals surface area contributed by atoms with Crippen molar-refractivity contribution in [3.63, 3.8) is 0 Å². The number of nitrogens with zero attached hydrogens (tertiary/aromatic N) is 5. The summed E-state index contributed by atoms with van der Waals surface area (Å²) in [5, 5.41) is 0.836. The zero-order valence-electron chi connectivity index (χ0n) is 25.3. The second-order valence-electron chi connectivity index (χ2n) is 10.3. The number of thiocarbonyl (C=S) groups is 1. The van der Waals surface area contributed by atoms with Crippen LogP contribution < -0.4 is 30.4 Å². The quantitative estimate of drug-likeness (QED) is 0.141. The van der Waals surface area contributed by atoms with Crippen molar-refractivity contribution in [2.45, 2.75) is 6.54 Å². The summed E-state index contributed by atoms with van der Waals surface area (Å²) in [5.74, 6) is 1.01. The lowest BCUT2D eigenvalue weighted by molar-refractivity contribution is -0.113. The molecule has 0 spiro atoms. The number of aromatic nitrogens is 4. The highest BCUT2D eigenvalue weighted by Crippen LogP contribution is 2.39. The molecule has 1 fully saturated rings. The Morgan fingerprint density at radius 1 is 0.915 bits per heavy atom. The molecule has 240 valence electrons. The fraction of sp³-hybridized carbons (Fsp3) is 0.156. The summed E-state index contributed by atoms with van der Waals surface area (Å²) in [6.07, 6.45) is 1.71. The number of benzene rings is 3. The first-order valence-electron chi connectivity index (χ1n) is 13.9. The number of carbonyl (C=O) groups excluding carboxylic acids is 1. The maximum absolute atomic E-state index is 13.3. The van der Waals surface area contributed by atoms with Gasteiger partial charge in [-0.1, -0.05) is 59.3 Å². The summed E-state index contributed by atoms with van der Waals surface area (Å²) < 4.78 is 21.3. The van der Waals surface area contributed by atoms with Gasteiger partial charge in [0.1, 0.15) is 5.75 Å². The highest BCUT2D eigenvalue weighted by molar-refractivity contribution is 8.27. The predicted molar refractivity (Wildman–Crippen MR) is 187 cm³/mol. The number of fused-ring (bicyclic) bond motifs is 1. The molecular formula is C32H25Cl2N5O6S2. The van der Waals surface area contributed by atoms with Gasteiger partial charge in [0, 0.05) is 24.1 Å². The van der Waals surface area contributed by atoms with Crippen molar-refractivity contribution in [3.05, 3.63) is 108 Å². The third-order valence-corrected chi connectivity index (χ3v) is 9.36. The maximum Gasteiger partial charge on any atom is 0.332 e. The van der Waals surface area contributed by atoms with Crippen LogP contribution in [0.25, 0.3) is 17.2 Å². The molecule has 0 unspecified atom stereocenters. The summed E-state index contributed by atoms with van der Waals surface area (Å²) in [6, 6.07) is 17.2. The second-order valence-corrected chi connectivity index (χ2v) is 12.8. The van der Waals surface area contributed by atoms with Gasteiger partial charge in [0.25, 0.3) is 11.5 Å². The van der Waals surface area contributed by atoms with E-state index < -0.39 is 11.2 Å². The normalized spacial score (nSPS) is 14.0. The Balaban J connectivity index is 1.36. The van der Waals surface area contributed by atoms with Crippen LogP contribution in [0.2, 0.25) is 10.0 Å². The van der Waals surface area contributed by atoms with E-state index in [1.807, 2.05) is 0 Å². The van der Waals surface area contributed by atoms with Crippen molar-refractivity contribution in [1.29, 1.82) is 0 Å². The van der Waals surface area contributed by atoms with Crippen LogP contribution in [-0.4, -0.2) is 43.1 Å². The summed E-state index contributed by atoms with van der Waals surface area (Å²) >= 11 is 19.3. The van der Waals surface area contributed by atoms with Crippen LogP contribution in [0.1, 0.15) is 11.1 Å². The summed E-state index contributed by atoms with van der Waals surface area (Å²) in [5.41, 5.74) is 1.12. The average molecular weight is 711 g/mol. The van der Waals surface area contributed by atoms with Crippen LogP contribution in [0.3, 0.4) is 0 Å². The first-order chi connectivity index (χ1) is 22.5. The number of methoxy groups -OCH3 is 2. The summed E-state index contributed by atoms with van der Waals surface area (Å²) in [7, 11) is 5.96. The van der Waals surface area contributed by atoms with Gasteiger partial charge in [-0.05, 0) is 65.7 Å².